The molecule has 0 spiro atoms. The molecule has 0 bridgehead atoms. The lowest BCUT2D eigenvalue weighted by molar-refractivity contribution is 0.00370. The van der Waals surface area contributed by atoms with Crippen LogP contribution in [0.3, 0.4) is 0 Å². The van der Waals surface area contributed by atoms with Gasteiger partial charge in [0.25, 0.3) is 0 Å². The van der Waals surface area contributed by atoms with Crippen molar-refractivity contribution in [1.82, 2.24) is 0 Å². The Morgan fingerprint density at radius 1 is 1.45 bits per heavy atom. The van der Waals surface area contributed by atoms with Gasteiger partial charge in [0, 0.05) is 6.61 Å². The first kappa shape index (κ1) is 8.97. The number of hydrogen-bond acceptors (Lipinski definition) is 3. The van der Waals surface area contributed by atoms with Gasteiger partial charge in [-0.25, -0.2) is 0 Å². The molecule has 1 heterocycles. The van der Waals surface area contributed by atoms with Gasteiger partial charge in [0.15, 0.2) is 0 Å². The third-order valence-electron chi connectivity index (χ3n) is 2.25. The first-order valence-corrected chi connectivity index (χ1v) is 4.15. The van der Waals surface area contributed by atoms with Crippen LogP contribution < -0.4 is 0 Å². The maximum absolute atomic E-state index is 8.87. The monoisotopic (exact) mass is 160 g/mol. The van der Waals surface area contributed by atoms with E-state index in [0.717, 1.165) is 12.8 Å². The van der Waals surface area contributed by atoms with E-state index in [4.69, 9.17) is 14.9 Å². The summed E-state index contributed by atoms with van der Waals surface area (Å²) in [6.45, 7) is 2.27. The summed E-state index contributed by atoms with van der Waals surface area (Å²) in [7, 11) is 0. The van der Waals surface area contributed by atoms with Gasteiger partial charge in [-0.3, -0.25) is 0 Å². The number of rotatable bonds is 3. The van der Waals surface area contributed by atoms with Crippen molar-refractivity contribution in [3.05, 3.63) is 0 Å². The Morgan fingerprint density at radius 3 is 2.73 bits per heavy atom. The highest BCUT2D eigenvalue weighted by molar-refractivity contribution is 4.79. The molecule has 1 unspecified atom stereocenters. The van der Waals surface area contributed by atoms with Crippen LogP contribution in [0.5, 0.6) is 0 Å². The van der Waals surface area contributed by atoms with Crippen molar-refractivity contribution in [2.45, 2.75) is 32.0 Å². The smallest absolute Gasteiger partial charge is 0.0839 e. The van der Waals surface area contributed by atoms with Crippen LogP contribution in [0.4, 0.5) is 0 Å². The maximum Gasteiger partial charge on any atom is 0.0839 e. The van der Waals surface area contributed by atoms with Crippen LogP contribution in [0, 0.1) is 5.92 Å². The fourth-order valence-corrected chi connectivity index (χ4v) is 1.70. The van der Waals surface area contributed by atoms with Crippen molar-refractivity contribution in [1.29, 1.82) is 0 Å². The topological polar surface area (TPSA) is 49.7 Å². The SMILES string of the molecule is C[C@H]1CC(CCO)[C@@H](CO)O1. The van der Waals surface area contributed by atoms with Crippen LogP contribution in [0.25, 0.3) is 0 Å². The zero-order valence-electron chi connectivity index (χ0n) is 6.86. The second-order valence-electron chi connectivity index (χ2n) is 3.18. The Labute approximate surface area is 67.0 Å². The maximum atomic E-state index is 8.87. The van der Waals surface area contributed by atoms with E-state index in [0.29, 0.717) is 5.92 Å². The predicted molar refractivity (Wildman–Crippen MR) is 41.2 cm³/mol. The molecule has 0 amide bonds. The summed E-state index contributed by atoms with van der Waals surface area (Å²) in [5.74, 6) is 0.347. The molecule has 3 nitrogen and oxygen atoms in total. The van der Waals surface area contributed by atoms with Crippen LogP contribution in [0.2, 0.25) is 0 Å². The normalized spacial score (nSPS) is 37.9. The minimum atomic E-state index is -0.0443. The molecule has 0 aromatic heterocycles. The van der Waals surface area contributed by atoms with Gasteiger partial charge in [0.2, 0.25) is 0 Å². The summed E-state index contributed by atoms with van der Waals surface area (Å²) in [6.07, 6.45) is 1.90. The molecule has 3 atom stereocenters. The van der Waals surface area contributed by atoms with Crippen molar-refractivity contribution in [3.8, 4) is 0 Å². The Bertz CT molecular complexity index is 116. The third kappa shape index (κ3) is 2.15. The highest BCUT2D eigenvalue weighted by Crippen LogP contribution is 2.28. The Hall–Kier alpha value is -0.120. The van der Waals surface area contributed by atoms with E-state index in [1.165, 1.54) is 0 Å². The van der Waals surface area contributed by atoms with Gasteiger partial charge in [-0.15, -0.1) is 0 Å². The molecule has 2 N–H and O–H groups in total. The molecule has 1 rings (SSSR count). The molecule has 0 aromatic carbocycles. The predicted octanol–water partition coefficient (Wildman–Crippen LogP) is 0.155. The lowest BCUT2D eigenvalue weighted by Gasteiger charge is -2.13. The standard InChI is InChI=1S/C8H16O3/c1-6-4-7(2-3-9)8(5-10)11-6/h6-10H,2-5H2,1H3/t6-,7?,8+/m0/s1. The molecule has 0 aliphatic carbocycles. The van der Waals surface area contributed by atoms with Crippen LogP contribution in [0.15, 0.2) is 0 Å². The Kier molecular flexibility index (Phi) is 3.30. The van der Waals surface area contributed by atoms with Gasteiger partial charge < -0.3 is 14.9 Å². The number of ether oxygens (including phenoxy) is 1. The number of hydrogen-bond donors (Lipinski definition) is 2. The van der Waals surface area contributed by atoms with Crippen molar-refractivity contribution in [3.63, 3.8) is 0 Å². The van der Waals surface area contributed by atoms with E-state index in [-0.39, 0.29) is 25.4 Å². The van der Waals surface area contributed by atoms with Gasteiger partial charge >= 0.3 is 0 Å². The molecule has 0 radical (unpaired) electrons. The van der Waals surface area contributed by atoms with E-state index in [9.17, 15) is 0 Å². The lowest BCUT2D eigenvalue weighted by Crippen LogP contribution is -2.21. The van der Waals surface area contributed by atoms with Crippen molar-refractivity contribution in [2.75, 3.05) is 13.2 Å². The zero-order chi connectivity index (χ0) is 8.27. The summed E-state index contributed by atoms with van der Waals surface area (Å²) in [4.78, 5) is 0. The van der Waals surface area contributed by atoms with E-state index in [2.05, 4.69) is 0 Å². The van der Waals surface area contributed by atoms with Crippen LogP contribution in [-0.4, -0.2) is 35.6 Å². The van der Waals surface area contributed by atoms with Crippen molar-refractivity contribution in [2.24, 2.45) is 5.92 Å². The second-order valence-corrected chi connectivity index (χ2v) is 3.18. The molecule has 1 aliphatic heterocycles. The quantitative estimate of drug-likeness (QED) is 0.618. The van der Waals surface area contributed by atoms with E-state index in [1.807, 2.05) is 6.92 Å². The van der Waals surface area contributed by atoms with Crippen LogP contribution in [0.1, 0.15) is 19.8 Å². The first-order chi connectivity index (χ1) is 5.27. The molecule has 1 aliphatic rings. The first-order valence-electron chi connectivity index (χ1n) is 4.15. The van der Waals surface area contributed by atoms with Gasteiger partial charge in [-0.05, 0) is 25.7 Å². The summed E-state index contributed by atoms with van der Waals surface area (Å²) >= 11 is 0. The summed E-state index contributed by atoms with van der Waals surface area (Å²) in [6, 6.07) is 0. The average Bonchev–Trinajstić information content (AvgIpc) is 2.32. The van der Waals surface area contributed by atoms with Gasteiger partial charge in [0.05, 0.1) is 18.8 Å². The third-order valence-corrected chi connectivity index (χ3v) is 2.25. The van der Waals surface area contributed by atoms with Gasteiger partial charge in [-0.2, -0.15) is 0 Å². The zero-order valence-corrected chi connectivity index (χ0v) is 6.86. The lowest BCUT2D eigenvalue weighted by atomic mass is 9.97. The minimum absolute atomic E-state index is 0.0443. The molecule has 0 saturated carbocycles. The largest absolute Gasteiger partial charge is 0.396 e. The second kappa shape index (κ2) is 4.04. The number of aliphatic hydroxyl groups excluding tert-OH is 2. The van der Waals surface area contributed by atoms with E-state index >= 15 is 0 Å². The molecule has 1 fully saturated rings. The highest BCUT2D eigenvalue weighted by atomic mass is 16.5. The van der Waals surface area contributed by atoms with E-state index < -0.39 is 0 Å². The van der Waals surface area contributed by atoms with E-state index in [1.54, 1.807) is 0 Å². The Balaban J connectivity index is 2.37. The number of aliphatic hydroxyl groups is 2. The van der Waals surface area contributed by atoms with Gasteiger partial charge in [0.1, 0.15) is 0 Å². The fraction of sp³-hybridized carbons (Fsp3) is 1.00. The summed E-state index contributed by atoms with van der Waals surface area (Å²) in [5.41, 5.74) is 0. The van der Waals surface area contributed by atoms with Crippen molar-refractivity contribution < 1.29 is 14.9 Å². The highest BCUT2D eigenvalue weighted by Gasteiger charge is 2.31. The molecular weight excluding hydrogens is 144 g/mol. The molecule has 1 saturated heterocycles. The molecule has 11 heavy (non-hydrogen) atoms. The fourth-order valence-electron chi connectivity index (χ4n) is 1.70. The minimum Gasteiger partial charge on any atom is -0.396 e. The molecule has 3 heteroatoms. The van der Waals surface area contributed by atoms with Crippen LogP contribution in [-0.2, 0) is 4.74 Å². The Morgan fingerprint density at radius 2 is 2.18 bits per heavy atom. The average molecular weight is 160 g/mol. The van der Waals surface area contributed by atoms with Crippen LogP contribution >= 0.6 is 0 Å². The molecule has 0 aromatic rings. The van der Waals surface area contributed by atoms with Crippen molar-refractivity contribution >= 4 is 0 Å². The molecular formula is C8H16O3. The summed E-state index contributed by atoms with van der Waals surface area (Å²) < 4.78 is 5.41. The summed E-state index contributed by atoms with van der Waals surface area (Å²) in [5, 5.41) is 17.6. The molecule has 66 valence electrons. The van der Waals surface area contributed by atoms with Gasteiger partial charge in [-0.1, -0.05) is 0 Å².